The van der Waals surface area contributed by atoms with E-state index in [0.29, 0.717) is 44.9 Å². The summed E-state index contributed by atoms with van der Waals surface area (Å²) >= 11 is 6.16. The van der Waals surface area contributed by atoms with E-state index >= 15 is 0 Å². The average molecular weight is 395 g/mol. The van der Waals surface area contributed by atoms with Gasteiger partial charge in [0, 0.05) is 11.4 Å². The lowest BCUT2D eigenvalue weighted by Gasteiger charge is -2.11. The van der Waals surface area contributed by atoms with Gasteiger partial charge in [0.1, 0.15) is 11.3 Å². The topological polar surface area (TPSA) is 108 Å². The molecule has 0 bridgehead atoms. The first-order valence-electron chi connectivity index (χ1n) is 8.26. The number of anilines is 3. The molecule has 2 aromatic carbocycles. The second-order valence-electron chi connectivity index (χ2n) is 5.90. The molecule has 0 aliphatic carbocycles. The van der Waals surface area contributed by atoms with E-state index in [1.165, 1.54) is 10.8 Å². The summed E-state index contributed by atoms with van der Waals surface area (Å²) in [6.45, 7) is 0. The highest BCUT2D eigenvalue weighted by Crippen LogP contribution is 2.28. The standard InChI is InChI=1S/C19H15ClN6O2/c1-28-16-7-4-12(8-14(16)20)24-19-23-9-15-18(25-19)26(17(27)10-22-15)13-5-2-11(21)3-6-13/h2-10H,21H2,1H3,(H,23,24,25). The molecule has 28 heavy (non-hydrogen) atoms. The smallest absolute Gasteiger partial charge is 0.275 e. The Hall–Kier alpha value is -3.65. The minimum atomic E-state index is -0.311. The van der Waals surface area contributed by atoms with Gasteiger partial charge in [-0.05, 0) is 42.5 Å². The first kappa shape index (κ1) is 17.7. The summed E-state index contributed by atoms with van der Waals surface area (Å²) < 4.78 is 6.60. The molecular weight excluding hydrogens is 380 g/mol. The van der Waals surface area contributed by atoms with Gasteiger partial charge in [-0.15, -0.1) is 0 Å². The van der Waals surface area contributed by atoms with Crippen LogP contribution in [0.5, 0.6) is 5.75 Å². The van der Waals surface area contributed by atoms with Crippen LogP contribution in [-0.4, -0.2) is 26.6 Å². The van der Waals surface area contributed by atoms with Crippen LogP contribution in [0.15, 0.2) is 59.7 Å². The van der Waals surface area contributed by atoms with Crippen molar-refractivity contribution in [1.29, 1.82) is 0 Å². The first-order valence-corrected chi connectivity index (χ1v) is 8.64. The highest BCUT2D eigenvalue weighted by molar-refractivity contribution is 6.32. The minimum absolute atomic E-state index is 0.297. The van der Waals surface area contributed by atoms with Gasteiger partial charge in [-0.1, -0.05) is 11.6 Å². The Kier molecular flexibility index (Phi) is 4.54. The number of nitrogens with zero attached hydrogens (tertiary/aromatic N) is 4. The molecule has 0 fully saturated rings. The van der Waals surface area contributed by atoms with Crippen LogP contribution in [0.3, 0.4) is 0 Å². The fraction of sp³-hybridized carbons (Fsp3) is 0.0526. The molecule has 0 amide bonds. The van der Waals surface area contributed by atoms with Crippen LogP contribution in [0.25, 0.3) is 16.9 Å². The average Bonchev–Trinajstić information content (AvgIpc) is 2.69. The number of methoxy groups -OCH3 is 1. The van der Waals surface area contributed by atoms with E-state index in [4.69, 9.17) is 22.1 Å². The predicted molar refractivity (Wildman–Crippen MR) is 109 cm³/mol. The highest BCUT2D eigenvalue weighted by atomic mass is 35.5. The zero-order valence-electron chi connectivity index (χ0n) is 14.8. The van der Waals surface area contributed by atoms with E-state index in [1.54, 1.807) is 55.8 Å². The molecule has 9 heteroatoms. The Balaban J connectivity index is 1.80. The van der Waals surface area contributed by atoms with Crippen molar-refractivity contribution in [2.24, 2.45) is 0 Å². The van der Waals surface area contributed by atoms with E-state index in [1.807, 2.05) is 0 Å². The lowest BCUT2D eigenvalue weighted by atomic mass is 10.3. The number of nitrogens with two attached hydrogens (primary N) is 1. The second kappa shape index (κ2) is 7.16. The van der Waals surface area contributed by atoms with Gasteiger partial charge in [0.15, 0.2) is 5.65 Å². The van der Waals surface area contributed by atoms with Crippen molar-refractivity contribution in [3.63, 3.8) is 0 Å². The van der Waals surface area contributed by atoms with Crippen molar-refractivity contribution in [1.82, 2.24) is 19.5 Å². The highest BCUT2D eigenvalue weighted by Gasteiger charge is 2.11. The van der Waals surface area contributed by atoms with E-state index in [2.05, 4.69) is 20.3 Å². The summed E-state index contributed by atoms with van der Waals surface area (Å²) in [7, 11) is 1.55. The fourth-order valence-corrected chi connectivity index (χ4v) is 2.97. The van der Waals surface area contributed by atoms with E-state index in [0.717, 1.165) is 0 Å². The Bertz CT molecular complexity index is 1220. The number of nitrogens with one attached hydrogen (secondary N) is 1. The van der Waals surface area contributed by atoms with Gasteiger partial charge in [-0.3, -0.25) is 9.36 Å². The fourth-order valence-electron chi connectivity index (χ4n) is 2.72. The predicted octanol–water partition coefficient (Wildman–Crippen LogP) is 3.16. The number of hydrogen-bond acceptors (Lipinski definition) is 7. The van der Waals surface area contributed by atoms with Gasteiger partial charge < -0.3 is 15.8 Å². The van der Waals surface area contributed by atoms with Gasteiger partial charge in [-0.2, -0.15) is 4.98 Å². The molecular formula is C19H15ClN6O2. The number of fused-ring (bicyclic) bond motifs is 1. The Morgan fingerprint density at radius 2 is 1.89 bits per heavy atom. The molecule has 0 atom stereocenters. The summed E-state index contributed by atoms with van der Waals surface area (Å²) in [5.41, 5.74) is 8.19. The number of hydrogen-bond donors (Lipinski definition) is 2. The molecule has 4 rings (SSSR count). The third-order valence-corrected chi connectivity index (χ3v) is 4.35. The van der Waals surface area contributed by atoms with Gasteiger partial charge in [0.2, 0.25) is 5.95 Å². The van der Waals surface area contributed by atoms with E-state index in [9.17, 15) is 4.79 Å². The zero-order valence-corrected chi connectivity index (χ0v) is 15.5. The lowest BCUT2D eigenvalue weighted by molar-refractivity contribution is 0.415. The molecule has 4 aromatic rings. The Morgan fingerprint density at radius 3 is 2.61 bits per heavy atom. The lowest BCUT2D eigenvalue weighted by Crippen LogP contribution is -2.20. The van der Waals surface area contributed by atoms with Crippen LogP contribution in [-0.2, 0) is 0 Å². The van der Waals surface area contributed by atoms with Gasteiger partial charge >= 0.3 is 0 Å². The van der Waals surface area contributed by atoms with E-state index in [-0.39, 0.29) is 5.56 Å². The van der Waals surface area contributed by atoms with Crippen LogP contribution in [0.2, 0.25) is 5.02 Å². The number of aromatic nitrogens is 4. The zero-order chi connectivity index (χ0) is 19.7. The second-order valence-corrected chi connectivity index (χ2v) is 6.31. The van der Waals surface area contributed by atoms with Crippen molar-refractivity contribution >= 4 is 40.1 Å². The largest absolute Gasteiger partial charge is 0.495 e. The monoisotopic (exact) mass is 394 g/mol. The maximum atomic E-state index is 12.5. The SMILES string of the molecule is COc1ccc(Nc2ncc3ncc(=O)n(-c4ccc(N)cc4)c3n2)cc1Cl. The van der Waals surface area contributed by atoms with E-state index < -0.39 is 0 Å². The van der Waals surface area contributed by atoms with Crippen molar-refractivity contribution in [2.45, 2.75) is 0 Å². The summed E-state index contributed by atoms with van der Waals surface area (Å²) in [5.74, 6) is 0.860. The molecule has 0 saturated carbocycles. The Morgan fingerprint density at radius 1 is 1.11 bits per heavy atom. The molecule has 8 nitrogen and oxygen atoms in total. The molecule has 3 N–H and O–H groups in total. The van der Waals surface area contributed by atoms with Crippen molar-refractivity contribution in [2.75, 3.05) is 18.2 Å². The van der Waals surface area contributed by atoms with Crippen LogP contribution in [0, 0.1) is 0 Å². The van der Waals surface area contributed by atoms with Crippen LogP contribution >= 0.6 is 11.6 Å². The quantitative estimate of drug-likeness (QED) is 0.512. The molecule has 0 aliphatic rings. The molecule has 0 saturated heterocycles. The number of benzene rings is 2. The number of rotatable bonds is 4. The maximum absolute atomic E-state index is 12.5. The van der Waals surface area contributed by atoms with Crippen molar-refractivity contribution in [3.8, 4) is 11.4 Å². The third kappa shape index (κ3) is 3.33. The maximum Gasteiger partial charge on any atom is 0.275 e. The van der Waals surface area contributed by atoms with Crippen molar-refractivity contribution in [3.05, 3.63) is 70.2 Å². The molecule has 0 spiro atoms. The van der Waals surface area contributed by atoms with Gasteiger partial charge in [-0.25, -0.2) is 9.97 Å². The summed E-state index contributed by atoms with van der Waals surface area (Å²) in [6.07, 6.45) is 2.78. The van der Waals surface area contributed by atoms with Gasteiger partial charge in [0.05, 0.1) is 30.2 Å². The summed E-state index contributed by atoms with van der Waals surface area (Å²) in [4.78, 5) is 25.3. The third-order valence-electron chi connectivity index (χ3n) is 4.06. The van der Waals surface area contributed by atoms with Crippen molar-refractivity contribution < 1.29 is 4.74 Å². The van der Waals surface area contributed by atoms with Crippen LogP contribution < -0.4 is 21.3 Å². The van der Waals surface area contributed by atoms with Gasteiger partial charge in [0.25, 0.3) is 5.56 Å². The number of nitrogen functional groups attached to an aromatic ring is 1. The molecule has 0 radical (unpaired) electrons. The number of ether oxygens (including phenoxy) is 1. The minimum Gasteiger partial charge on any atom is -0.495 e. The molecule has 0 aliphatic heterocycles. The number of halogens is 1. The Labute approximate surface area is 164 Å². The molecule has 0 unspecified atom stereocenters. The molecule has 140 valence electrons. The first-order chi connectivity index (χ1) is 13.5. The molecule has 2 heterocycles. The normalized spacial score (nSPS) is 10.8. The van der Waals surface area contributed by atoms with Crippen LogP contribution in [0.4, 0.5) is 17.3 Å². The summed E-state index contributed by atoms with van der Waals surface area (Å²) in [5, 5.41) is 3.52. The van der Waals surface area contributed by atoms with Crippen LogP contribution in [0.1, 0.15) is 0 Å². The summed E-state index contributed by atoms with van der Waals surface area (Å²) in [6, 6.07) is 12.1. The molecule has 2 aromatic heterocycles.